The van der Waals surface area contributed by atoms with Crippen LogP contribution >= 0.6 is 11.6 Å². The van der Waals surface area contributed by atoms with Gasteiger partial charge in [0.1, 0.15) is 5.82 Å². The lowest BCUT2D eigenvalue weighted by molar-refractivity contribution is 0.398. The molecule has 0 unspecified atom stereocenters. The van der Waals surface area contributed by atoms with Crippen LogP contribution in [0.2, 0.25) is 0 Å². The number of benzene rings is 1. The number of methoxy groups -OCH3 is 1. The van der Waals surface area contributed by atoms with Crippen LogP contribution in [-0.4, -0.2) is 12.1 Å². The van der Waals surface area contributed by atoms with Gasteiger partial charge in [0.25, 0.3) is 0 Å². The average molecular weight is 263 g/mol. The van der Waals surface area contributed by atoms with Crippen molar-refractivity contribution in [2.24, 2.45) is 0 Å². The molecule has 0 saturated heterocycles. The largest absolute Gasteiger partial charge is 0.481 e. The third kappa shape index (κ3) is 3.37. The monoisotopic (exact) mass is 262 g/mol. The maximum atomic E-state index is 5.75. The van der Waals surface area contributed by atoms with Crippen molar-refractivity contribution >= 4 is 17.4 Å². The Morgan fingerprint density at radius 1 is 1.11 bits per heavy atom. The van der Waals surface area contributed by atoms with Crippen molar-refractivity contribution in [1.29, 1.82) is 0 Å². The second-order valence-electron chi connectivity index (χ2n) is 3.87. The van der Waals surface area contributed by atoms with Crippen molar-refractivity contribution in [3.05, 3.63) is 53.6 Å². The normalized spacial score (nSPS) is 10.1. The van der Waals surface area contributed by atoms with Gasteiger partial charge < -0.3 is 10.1 Å². The van der Waals surface area contributed by atoms with Gasteiger partial charge in [-0.1, -0.05) is 30.3 Å². The Hall–Kier alpha value is -1.74. The molecule has 1 heterocycles. The Labute approximate surface area is 112 Å². The highest BCUT2D eigenvalue weighted by molar-refractivity contribution is 6.17. The summed E-state index contributed by atoms with van der Waals surface area (Å²) in [6.07, 6.45) is 0. The van der Waals surface area contributed by atoms with Crippen LogP contribution < -0.4 is 10.1 Å². The molecule has 3 nitrogen and oxygen atoms in total. The number of aromatic nitrogens is 1. The fraction of sp³-hybridized carbons (Fsp3) is 0.214. The molecule has 0 fully saturated rings. The molecular formula is C14H15ClN2O. The van der Waals surface area contributed by atoms with E-state index >= 15 is 0 Å². The molecule has 4 heteroatoms. The van der Waals surface area contributed by atoms with Crippen LogP contribution in [0.5, 0.6) is 5.88 Å². The summed E-state index contributed by atoms with van der Waals surface area (Å²) in [6.45, 7) is 0.725. The van der Waals surface area contributed by atoms with Crippen LogP contribution in [0, 0.1) is 0 Å². The van der Waals surface area contributed by atoms with Gasteiger partial charge in [0.05, 0.1) is 7.11 Å². The van der Waals surface area contributed by atoms with Crippen molar-refractivity contribution in [3.8, 4) is 5.88 Å². The Morgan fingerprint density at radius 3 is 2.50 bits per heavy atom. The molecule has 0 spiro atoms. The fourth-order valence-corrected chi connectivity index (χ4v) is 1.74. The van der Waals surface area contributed by atoms with Crippen molar-refractivity contribution in [3.63, 3.8) is 0 Å². The molecule has 18 heavy (non-hydrogen) atoms. The third-order valence-corrected chi connectivity index (χ3v) is 2.89. The molecule has 2 rings (SSSR count). The summed E-state index contributed by atoms with van der Waals surface area (Å²) >= 11 is 5.75. The molecule has 0 radical (unpaired) electrons. The van der Waals surface area contributed by atoms with Crippen molar-refractivity contribution in [1.82, 2.24) is 4.98 Å². The molecule has 2 aromatic rings. The van der Waals surface area contributed by atoms with Crippen LogP contribution in [-0.2, 0) is 12.4 Å². The van der Waals surface area contributed by atoms with Gasteiger partial charge in [-0.2, -0.15) is 4.98 Å². The van der Waals surface area contributed by atoms with Crippen LogP contribution in [0.1, 0.15) is 11.1 Å². The minimum absolute atomic E-state index is 0.547. The number of alkyl halides is 1. The maximum Gasteiger partial charge on any atom is 0.214 e. The summed E-state index contributed by atoms with van der Waals surface area (Å²) in [4.78, 5) is 4.29. The number of anilines is 1. The number of nitrogens with zero attached hydrogens (tertiary/aromatic N) is 1. The van der Waals surface area contributed by atoms with Gasteiger partial charge >= 0.3 is 0 Å². The summed E-state index contributed by atoms with van der Waals surface area (Å²) in [5, 5.41) is 3.25. The molecule has 0 aliphatic carbocycles. The van der Waals surface area contributed by atoms with Gasteiger partial charge in [0.15, 0.2) is 0 Å². The summed E-state index contributed by atoms with van der Waals surface area (Å²) in [5.74, 6) is 1.96. The summed E-state index contributed by atoms with van der Waals surface area (Å²) < 4.78 is 5.07. The van der Waals surface area contributed by atoms with Gasteiger partial charge in [0, 0.05) is 18.5 Å². The van der Waals surface area contributed by atoms with Crippen LogP contribution in [0.25, 0.3) is 0 Å². The minimum atomic E-state index is 0.547. The zero-order valence-corrected chi connectivity index (χ0v) is 10.9. The van der Waals surface area contributed by atoms with E-state index in [9.17, 15) is 0 Å². The lowest BCUT2D eigenvalue weighted by Crippen LogP contribution is -2.01. The molecule has 1 N–H and O–H groups in total. The summed E-state index contributed by atoms with van der Waals surface area (Å²) in [5.41, 5.74) is 2.31. The van der Waals surface area contributed by atoms with E-state index in [1.165, 1.54) is 5.56 Å². The van der Waals surface area contributed by atoms with Crippen molar-refractivity contribution < 1.29 is 4.74 Å². The predicted octanol–water partition coefficient (Wildman–Crippen LogP) is 3.44. The van der Waals surface area contributed by atoms with E-state index < -0.39 is 0 Å². The SMILES string of the molecule is COc1cccc(NCc2ccc(CCl)cc2)n1. The lowest BCUT2D eigenvalue weighted by Gasteiger charge is -2.07. The third-order valence-electron chi connectivity index (χ3n) is 2.58. The average Bonchev–Trinajstić information content (AvgIpc) is 2.46. The number of halogens is 1. The second kappa shape index (κ2) is 6.26. The van der Waals surface area contributed by atoms with Gasteiger partial charge in [-0.25, -0.2) is 0 Å². The Balaban J connectivity index is 1.97. The number of nitrogens with one attached hydrogen (secondary N) is 1. The molecule has 0 bridgehead atoms. The van der Waals surface area contributed by atoms with E-state index in [4.69, 9.17) is 16.3 Å². The second-order valence-corrected chi connectivity index (χ2v) is 4.14. The van der Waals surface area contributed by atoms with Gasteiger partial charge in [0.2, 0.25) is 5.88 Å². The van der Waals surface area contributed by atoms with E-state index in [-0.39, 0.29) is 0 Å². The number of hydrogen-bond acceptors (Lipinski definition) is 3. The molecule has 0 saturated carbocycles. The first kappa shape index (κ1) is 12.7. The quantitative estimate of drug-likeness (QED) is 0.838. The molecule has 94 valence electrons. The number of pyridine rings is 1. The molecule has 0 atom stereocenters. The molecule has 0 aliphatic rings. The van der Waals surface area contributed by atoms with E-state index in [0.29, 0.717) is 11.8 Å². The van der Waals surface area contributed by atoms with E-state index in [1.54, 1.807) is 7.11 Å². The maximum absolute atomic E-state index is 5.75. The zero-order chi connectivity index (χ0) is 12.8. The number of rotatable bonds is 5. The number of ether oxygens (including phenoxy) is 1. The van der Waals surface area contributed by atoms with E-state index in [2.05, 4.69) is 22.4 Å². The lowest BCUT2D eigenvalue weighted by atomic mass is 10.1. The smallest absolute Gasteiger partial charge is 0.214 e. The minimum Gasteiger partial charge on any atom is -0.481 e. The topological polar surface area (TPSA) is 34.1 Å². The van der Waals surface area contributed by atoms with E-state index in [1.807, 2.05) is 30.3 Å². The molecule has 0 aliphatic heterocycles. The Kier molecular flexibility index (Phi) is 4.42. The molecule has 0 amide bonds. The molecule has 1 aromatic carbocycles. The first-order valence-electron chi connectivity index (χ1n) is 5.70. The summed E-state index contributed by atoms with van der Waals surface area (Å²) in [6, 6.07) is 13.8. The van der Waals surface area contributed by atoms with Crippen LogP contribution in [0.4, 0.5) is 5.82 Å². The van der Waals surface area contributed by atoms with E-state index in [0.717, 1.165) is 17.9 Å². The van der Waals surface area contributed by atoms with Gasteiger partial charge in [-0.15, -0.1) is 11.6 Å². The zero-order valence-electron chi connectivity index (χ0n) is 10.2. The number of hydrogen-bond donors (Lipinski definition) is 1. The van der Waals surface area contributed by atoms with Gasteiger partial charge in [-0.3, -0.25) is 0 Å². The van der Waals surface area contributed by atoms with Crippen molar-refractivity contribution in [2.45, 2.75) is 12.4 Å². The van der Waals surface area contributed by atoms with Crippen LogP contribution in [0.15, 0.2) is 42.5 Å². The fourth-order valence-electron chi connectivity index (χ4n) is 1.57. The van der Waals surface area contributed by atoms with Crippen LogP contribution in [0.3, 0.4) is 0 Å². The Bertz CT molecular complexity index is 499. The highest BCUT2D eigenvalue weighted by Gasteiger charge is 1.98. The Morgan fingerprint density at radius 2 is 1.83 bits per heavy atom. The first-order chi connectivity index (χ1) is 8.81. The van der Waals surface area contributed by atoms with Crippen molar-refractivity contribution in [2.75, 3.05) is 12.4 Å². The highest BCUT2D eigenvalue weighted by atomic mass is 35.5. The highest BCUT2D eigenvalue weighted by Crippen LogP contribution is 2.12. The summed E-state index contributed by atoms with van der Waals surface area (Å²) in [7, 11) is 1.61. The van der Waals surface area contributed by atoms with Gasteiger partial charge in [-0.05, 0) is 17.2 Å². The predicted molar refractivity (Wildman–Crippen MR) is 74.1 cm³/mol. The standard InChI is InChI=1S/C14H15ClN2O/c1-18-14-4-2-3-13(17-14)16-10-12-7-5-11(9-15)6-8-12/h2-8H,9-10H2,1H3,(H,16,17). The molecule has 1 aromatic heterocycles. The first-order valence-corrected chi connectivity index (χ1v) is 6.24. The molecular weight excluding hydrogens is 248 g/mol.